The smallest absolute Gasteiger partial charge is 0.224 e. The fourth-order valence-corrected chi connectivity index (χ4v) is 3.61. The highest BCUT2D eigenvalue weighted by molar-refractivity contribution is 7.17. The minimum atomic E-state index is -0.0291. The lowest BCUT2D eigenvalue weighted by Gasteiger charge is -2.03. The second-order valence-corrected chi connectivity index (χ2v) is 6.64. The standard InChI is InChI=1S/C19H16N4O2S/c1-2-16(24)22-12-5-3-11(4-6-12)20-9-13-17-14(23-19(13)25)7-8-15-18(17)26-10-21-15/h3-10,23,25H,2H2,1H3,(H,22,24). The highest BCUT2D eigenvalue weighted by Crippen LogP contribution is 2.34. The van der Waals surface area contributed by atoms with E-state index in [4.69, 9.17) is 0 Å². The van der Waals surface area contributed by atoms with Gasteiger partial charge < -0.3 is 15.4 Å². The fourth-order valence-electron chi connectivity index (χ4n) is 2.76. The van der Waals surface area contributed by atoms with E-state index >= 15 is 0 Å². The lowest BCUT2D eigenvalue weighted by molar-refractivity contribution is -0.115. The van der Waals surface area contributed by atoms with Crippen LogP contribution in [-0.2, 0) is 4.79 Å². The zero-order valence-corrected chi connectivity index (χ0v) is 14.8. The molecule has 2 aromatic heterocycles. The number of H-pyrrole nitrogens is 1. The van der Waals surface area contributed by atoms with Crippen LogP contribution in [0, 0.1) is 0 Å². The van der Waals surface area contributed by atoms with Crippen molar-refractivity contribution in [2.45, 2.75) is 13.3 Å². The van der Waals surface area contributed by atoms with Crippen LogP contribution in [0.3, 0.4) is 0 Å². The lowest BCUT2D eigenvalue weighted by Crippen LogP contribution is -2.08. The molecular weight excluding hydrogens is 348 g/mol. The molecule has 130 valence electrons. The van der Waals surface area contributed by atoms with Gasteiger partial charge in [-0.2, -0.15) is 0 Å². The molecule has 2 aromatic carbocycles. The third-order valence-corrected chi connectivity index (χ3v) is 4.95. The molecule has 0 fully saturated rings. The number of hydrogen-bond acceptors (Lipinski definition) is 5. The molecule has 4 aromatic rings. The second-order valence-electron chi connectivity index (χ2n) is 5.78. The quantitative estimate of drug-likeness (QED) is 0.463. The number of aromatic hydroxyl groups is 1. The van der Waals surface area contributed by atoms with Crippen molar-refractivity contribution in [1.29, 1.82) is 0 Å². The first-order valence-corrected chi connectivity index (χ1v) is 9.04. The Bertz CT molecular complexity index is 1130. The van der Waals surface area contributed by atoms with Crippen molar-refractivity contribution < 1.29 is 9.90 Å². The van der Waals surface area contributed by atoms with E-state index in [1.165, 1.54) is 11.3 Å². The number of carbonyl (C=O) groups is 1. The predicted octanol–water partition coefficient (Wildman–Crippen LogP) is 4.58. The Morgan fingerprint density at radius 2 is 2.12 bits per heavy atom. The summed E-state index contributed by atoms with van der Waals surface area (Å²) in [5.41, 5.74) is 5.63. The number of benzene rings is 2. The minimum Gasteiger partial charge on any atom is -0.494 e. The summed E-state index contributed by atoms with van der Waals surface area (Å²) in [6.07, 6.45) is 2.08. The average Bonchev–Trinajstić information content (AvgIpc) is 3.24. The number of nitrogens with zero attached hydrogens (tertiary/aromatic N) is 2. The summed E-state index contributed by atoms with van der Waals surface area (Å²) in [5.74, 6) is 0.0509. The number of nitrogens with one attached hydrogen (secondary N) is 2. The van der Waals surface area contributed by atoms with E-state index in [9.17, 15) is 9.90 Å². The number of amides is 1. The predicted molar refractivity (Wildman–Crippen MR) is 106 cm³/mol. The maximum absolute atomic E-state index is 11.4. The molecule has 0 atom stereocenters. The molecule has 3 N–H and O–H groups in total. The topological polar surface area (TPSA) is 90.4 Å². The second kappa shape index (κ2) is 6.61. The summed E-state index contributed by atoms with van der Waals surface area (Å²) in [6.45, 7) is 1.81. The molecule has 0 radical (unpaired) electrons. The van der Waals surface area contributed by atoms with Crippen LogP contribution in [-0.4, -0.2) is 27.2 Å². The number of hydrogen-bond donors (Lipinski definition) is 3. The molecule has 0 spiro atoms. The Balaban J connectivity index is 1.67. The van der Waals surface area contributed by atoms with Gasteiger partial charge in [-0.25, -0.2) is 4.98 Å². The van der Waals surface area contributed by atoms with Gasteiger partial charge in [0.15, 0.2) is 5.88 Å². The Morgan fingerprint density at radius 1 is 1.31 bits per heavy atom. The molecule has 0 saturated heterocycles. The number of rotatable bonds is 4. The van der Waals surface area contributed by atoms with Crippen molar-refractivity contribution in [3.8, 4) is 5.88 Å². The monoisotopic (exact) mass is 364 g/mol. The Morgan fingerprint density at radius 3 is 2.88 bits per heavy atom. The maximum atomic E-state index is 11.4. The highest BCUT2D eigenvalue weighted by atomic mass is 32.1. The summed E-state index contributed by atoms with van der Waals surface area (Å²) < 4.78 is 1.01. The Kier molecular flexibility index (Phi) is 4.14. The number of aromatic nitrogens is 2. The van der Waals surface area contributed by atoms with Crippen LogP contribution in [0.5, 0.6) is 5.88 Å². The van der Waals surface area contributed by atoms with Gasteiger partial charge in [-0.1, -0.05) is 6.92 Å². The zero-order valence-electron chi connectivity index (χ0n) is 14.0. The van der Waals surface area contributed by atoms with Gasteiger partial charge in [0.1, 0.15) is 0 Å². The van der Waals surface area contributed by atoms with Crippen LogP contribution in [0.4, 0.5) is 11.4 Å². The number of fused-ring (bicyclic) bond motifs is 3. The summed E-state index contributed by atoms with van der Waals surface area (Å²) in [6, 6.07) is 11.1. The van der Waals surface area contributed by atoms with Gasteiger partial charge in [-0.05, 0) is 36.4 Å². The summed E-state index contributed by atoms with van der Waals surface area (Å²) in [4.78, 5) is 23.2. The molecule has 0 aliphatic rings. The van der Waals surface area contributed by atoms with E-state index in [0.29, 0.717) is 12.0 Å². The van der Waals surface area contributed by atoms with Gasteiger partial charge in [0, 0.05) is 23.7 Å². The van der Waals surface area contributed by atoms with Crippen molar-refractivity contribution >= 4 is 56.0 Å². The Hall–Kier alpha value is -3.19. The molecule has 4 rings (SSSR count). The summed E-state index contributed by atoms with van der Waals surface area (Å²) >= 11 is 1.53. The molecule has 7 heteroatoms. The first-order chi connectivity index (χ1) is 12.7. The highest BCUT2D eigenvalue weighted by Gasteiger charge is 2.13. The number of anilines is 1. The van der Waals surface area contributed by atoms with Crippen LogP contribution >= 0.6 is 11.3 Å². The molecule has 1 amide bonds. The van der Waals surface area contributed by atoms with Gasteiger partial charge in [0.05, 0.1) is 32.5 Å². The van der Waals surface area contributed by atoms with Crippen molar-refractivity contribution in [3.63, 3.8) is 0 Å². The fraction of sp³-hybridized carbons (Fsp3) is 0.105. The number of carbonyl (C=O) groups excluding carboxylic acids is 1. The van der Waals surface area contributed by atoms with Gasteiger partial charge in [-0.3, -0.25) is 9.79 Å². The minimum absolute atomic E-state index is 0.0291. The van der Waals surface area contributed by atoms with Gasteiger partial charge in [-0.15, -0.1) is 11.3 Å². The van der Waals surface area contributed by atoms with Crippen molar-refractivity contribution in [1.82, 2.24) is 9.97 Å². The summed E-state index contributed by atoms with van der Waals surface area (Å²) in [5, 5.41) is 14.0. The van der Waals surface area contributed by atoms with Crippen LogP contribution < -0.4 is 5.32 Å². The van der Waals surface area contributed by atoms with E-state index in [1.54, 1.807) is 23.9 Å². The molecular formula is C19H16N4O2S. The van der Waals surface area contributed by atoms with Gasteiger partial charge >= 0.3 is 0 Å². The molecule has 6 nitrogen and oxygen atoms in total. The first-order valence-electron chi connectivity index (χ1n) is 8.16. The largest absolute Gasteiger partial charge is 0.494 e. The first kappa shape index (κ1) is 16.3. The number of aliphatic imine (C=N–C) groups is 1. The summed E-state index contributed by atoms with van der Waals surface area (Å²) in [7, 11) is 0. The van der Waals surface area contributed by atoms with Crippen molar-refractivity contribution in [3.05, 3.63) is 47.5 Å². The molecule has 0 unspecified atom stereocenters. The molecule has 0 aliphatic heterocycles. The van der Waals surface area contributed by atoms with E-state index < -0.39 is 0 Å². The molecule has 0 aliphatic carbocycles. The van der Waals surface area contributed by atoms with E-state index in [0.717, 1.165) is 32.5 Å². The lowest BCUT2D eigenvalue weighted by atomic mass is 10.1. The molecule has 0 bridgehead atoms. The third-order valence-electron chi connectivity index (χ3n) is 4.09. The maximum Gasteiger partial charge on any atom is 0.224 e. The number of aromatic amines is 1. The third kappa shape index (κ3) is 2.93. The number of thiazole rings is 1. The van der Waals surface area contributed by atoms with E-state index in [-0.39, 0.29) is 11.8 Å². The van der Waals surface area contributed by atoms with Crippen LogP contribution in [0.2, 0.25) is 0 Å². The van der Waals surface area contributed by atoms with Crippen LogP contribution in [0.1, 0.15) is 18.9 Å². The molecule has 0 saturated carbocycles. The molecule has 26 heavy (non-hydrogen) atoms. The van der Waals surface area contributed by atoms with E-state index in [2.05, 4.69) is 20.3 Å². The van der Waals surface area contributed by atoms with Gasteiger partial charge in [0.25, 0.3) is 0 Å². The van der Waals surface area contributed by atoms with Crippen LogP contribution in [0.25, 0.3) is 21.1 Å². The van der Waals surface area contributed by atoms with E-state index in [1.807, 2.05) is 31.2 Å². The molecule has 2 heterocycles. The SMILES string of the molecule is CCC(=O)Nc1ccc(N=Cc2c(O)[nH]c3ccc4ncsc4c23)cc1. The van der Waals surface area contributed by atoms with Crippen LogP contribution in [0.15, 0.2) is 46.9 Å². The Labute approximate surface area is 153 Å². The zero-order chi connectivity index (χ0) is 18.1. The normalized spacial score (nSPS) is 11.6. The average molecular weight is 364 g/mol. The van der Waals surface area contributed by atoms with Gasteiger partial charge in [0.2, 0.25) is 5.91 Å². The van der Waals surface area contributed by atoms with Crippen molar-refractivity contribution in [2.24, 2.45) is 4.99 Å². The van der Waals surface area contributed by atoms with Crippen molar-refractivity contribution in [2.75, 3.05) is 5.32 Å².